The van der Waals surface area contributed by atoms with Gasteiger partial charge in [-0.1, -0.05) is 11.6 Å². The summed E-state index contributed by atoms with van der Waals surface area (Å²) in [5.41, 5.74) is 0.242. The molecule has 0 aliphatic heterocycles. The van der Waals surface area contributed by atoms with E-state index in [0.717, 1.165) is 4.47 Å². The van der Waals surface area contributed by atoms with Crippen molar-refractivity contribution >= 4 is 51.0 Å². The van der Waals surface area contributed by atoms with E-state index in [9.17, 15) is 10.1 Å². The first-order chi connectivity index (χ1) is 9.88. The molecule has 0 aliphatic carbocycles. The number of halogens is 2. The molecule has 2 aromatic rings. The first-order valence-corrected chi connectivity index (χ1v) is 7.00. The maximum Gasteiger partial charge on any atom is 0.290 e. The Morgan fingerprint density at radius 1 is 1.43 bits per heavy atom. The molecule has 0 saturated carbocycles. The van der Waals surface area contributed by atoms with E-state index in [-0.39, 0.29) is 10.7 Å². The largest absolute Gasteiger partial charge is 0.438 e. The number of aliphatic imine (C=N–C) groups is 1. The zero-order chi connectivity index (χ0) is 15.6. The van der Waals surface area contributed by atoms with Crippen molar-refractivity contribution in [1.82, 2.24) is 0 Å². The van der Waals surface area contributed by atoms with Crippen LogP contribution in [0.3, 0.4) is 0 Å². The number of hydrogen-bond donors (Lipinski definition) is 0. The molecule has 0 saturated heterocycles. The van der Waals surface area contributed by atoms with Gasteiger partial charge in [0.25, 0.3) is 5.69 Å². The third-order valence-corrected chi connectivity index (χ3v) is 3.45. The van der Waals surface area contributed by atoms with Gasteiger partial charge < -0.3 is 9.32 Å². The normalized spacial score (nSPS) is 11.0. The Bertz CT molecular complexity index is 713. The van der Waals surface area contributed by atoms with E-state index < -0.39 is 4.92 Å². The Morgan fingerprint density at radius 2 is 2.14 bits per heavy atom. The van der Waals surface area contributed by atoms with Gasteiger partial charge in [0.05, 0.1) is 21.3 Å². The van der Waals surface area contributed by atoms with Crippen LogP contribution in [0.25, 0.3) is 0 Å². The summed E-state index contributed by atoms with van der Waals surface area (Å²) in [6, 6.07) is 6.11. The zero-order valence-corrected chi connectivity index (χ0v) is 13.6. The number of nitro groups is 1. The summed E-state index contributed by atoms with van der Waals surface area (Å²) in [6.07, 6.45) is 1.49. The van der Waals surface area contributed by atoms with Gasteiger partial charge in [0.2, 0.25) is 5.88 Å². The Labute approximate surface area is 134 Å². The van der Waals surface area contributed by atoms with Crippen molar-refractivity contribution in [2.75, 3.05) is 19.0 Å². The van der Waals surface area contributed by atoms with Gasteiger partial charge in [-0.3, -0.25) is 15.1 Å². The molecule has 0 amide bonds. The lowest BCUT2D eigenvalue weighted by Gasteiger charge is -2.07. The average molecular weight is 373 g/mol. The van der Waals surface area contributed by atoms with Crippen LogP contribution in [0.1, 0.15) is 5.76 Å². The predicted molar refractivity (Wildman–Crippen MR) is 86.1 cm³/mol. The quantitative estimate of drug-likeness (QED) is 0.452. The third-order valence-electron chi connectivity index (χ3n) is 2.56. The first-order valence-electron chi connectivity index (χ1n) is 5.83. The maximum atomic E-state index is 10.8. The molecule has 0 spiro atoms. The molecule has 0 N–H and O–H groups in total. The monoisotopic (exact) mass is 371 g/mol. The summed E-state index contributed by atoms with van der Waals surface area (Å²) >= 11 is 9.12. The van der Waals surface area contributed by atoms with Gasteiger partial charge in [0.1, 0.15) is 10.8 Å². The topological polar surface area (TPSA) is 71.9 Å². The maximum absolute atomic E-state index is 10.8. The second-order valence-electron chi connectivity index (χ2n) is 4.35. The van der Waals surface area contributed by atoms with E-state index >= 15 is 0 Å². The van der Waals surface area contributed by atoms with Crippen molar-refractivity contribution in [2.24, 2.45) is 4.99 Å². The Hall–Kier alpha value is -1.86. The number of nitro benzene ring substituents is 1. The summed E-state index contributed by atoms with van der Waals surface area (Å²) in [7, 11) is 3.71. The van der Waals surface area contributed by atoms with Crippen LogP contribution in [-0.4, -0.2) is 25.2 Å². The van der Waals surface area contributed by atoms with Crippen molar-refractivity contribution in [3.63, 3.8) is 0 Å². The van der Waals surface area contributed by atoms with E-state index in [1.54, 1.807) is 12.1 Å². The van der Waals surface area contributed by atoms with Gasteiger partial charge in [-0.25, -0.2) is 0 Å². The fourth-order valence-electron chi connectivity index (χ4n) is 1.60. The minimum atomic E-state index is -0.547. The van der Waals surface area contributed by atoms with E-state index in [1.165, 1.54) is 18.3 Å². The lowest BCUT2D eigenvalue weighted by molar-refractivity contribution is -0.384. The summed E-state index contributed by atoms with van der Waals surface area (Å²) in [5.74, 6) is 1.20. The Kier molecular flexibility index (Phi) is 4.64. The van der Waals surface area contributed by atoms with E-state index in [1.807, 2.05) is 19.0 Å². The molecule has 110 valence electrons. The molecule has 6 nitrogen and oxygen atoms in total. The van der Waals surface area contributed by atoms with Crippen LogP contribution >= 0.6 is 27.5 Å². The highest BCUT2D eigenvalue weighted by Gasteiger charge is 2.13. The van der Waals surface area contributed by atoms with E-state index in [2.05, 4.69) is 20.9 Å². The zero-order valence-electron chi connectivity index (χ0n) is 11.2. The first kappa shape index (κ1) is 15.5. The molecule has 2 rings (SSSR count). The smallest absolute Gasteiger partial charge is 0.290 e. The van der Waals surface area contributed by atoms with Crippen LogP contribution in [0.5, 0.6) is 0 Å². The van der Waals surface area contributed by atoms with Gasteiger partial charge >= 0.3 is 0 Å². The number of benzene rings is 1. The van der Waals surface area contributed by atoms with Gasteiger partial charge in [-0.15, -0.1) is 0 Å². The highest BCUT2D eigenvalue weighted by atomic mass is 79.9. The second kappa shape index (κ2) is 6.28. The molecule has 0 radical (unpaired) electrons. The van der Waals surface area contributed by atoms with Gasteiger partial charge in [-0.2, -0.15) is 0 Å². The lowest BCUT2D eigenvalue weighted by atomic mass is 10.3. The summed E-state index contributed by atoms with van der Waals surface area (Å²) in [4.78, 5) is 16.2. The van der Waals surface area contributed by atoms with Crippen molar-refractivity contribution in [3.8, 4) is 0 Å². The van der Waals surface area contributed by atoms with Crippen LogP contribution in [0, 0.1) is 10.1 Å². The molecule has 0 aliphatic rings. The number of anilines is 1. The van der Waals surface area contributed by atoms with Gasteiger partial charge in [-0.05, 0) is 28.1 Å². The van der Waals surface area contributed by atoms with Crippen molar-refractivity contribution in [1.29, 1.82) is 0 Å². The third kappa shape index (κ3) is 3.62. The molecule has 0 atom stereocenters. The number of nitrogens with zero attached hydrogens (tertiary/aromatic N) is 3. The van der Waals surface area contributed by atoms with E-state index in [4.69, 9.17) is 16.0 Å². The molecule has 8 heteroatoms. The molecule has 0 unspecified atom stereocenters. The minimum absolute atomic E-state index is 0.0783. The standard InChI is InChI=1S/C13H11BrClN3O3/c1-17(2)13-10(14)6-9(21-13)7-16-8-3-4-11(15)12(5-8)18(19)20/h3-7H,1-2H3. The second-order valence-corrected chi connectivity index (χ2v) is 5.61. The molecule has 21 heavy (non-hydrogen) atoms. The summed E-state index contributed by atoms with van der Waals surface area (Å²) in [6.45, 7) is 0. The lowest BCUT2D eigenvalue weighted by Crippen LogP contribution is -2.07. The number of rotatable bonds is 4. The fourth-order valence-corrected chi connectivity index (χ4v) is 2.45. The fraction of sp³-hybridized carbons (Fsp3) is 0.154. The molecular weight excluding hydrogens is 362 g/mol. The van der Waals surface area contributed by atoms with Gasteiger partial charge in [0, 0.05) is 26.2 Å². The SMILES string of the molecule is CN(C)c1oc(C=Nc2ccc(Cl)c([N+](=O)[O-])c2)cc1Br. The van der Waals surface area contributed by atoms with Crippen LogP contribution in [0.2, 0.25) is 5.02 Å². The van der Waals surface area contributed by atoms with Crippen LogP contribution in [-0.2, 0) is 0 Å². The molecule has 0 bridgehead atoms. The van der Waals surface area contributed by atoms with Crippen molar-refractivity contribution in [2.45, 2.75) is 0 Å². The van der Waals surface area contributed by atoms with Crippen LogP contribution < -0.4 is 4.90 Å². The summed E-state index contributed by atoms with van der Waals surface area (Å²) in [5, 5.41) is 10.9. The molecular formula is C13H11BrClN3O3. The highest BCUT2D eigenvalue weighted by molar-refractivity contribution is 9.10. The molecule has 0 fully saturated rings. The number of hydrogen-bond acceptors (Lipinski definition) is 5. The van der Waals surface area contributed by atoms with E-state index in [0.29, 0.717) is 17.3 Å². The minimum Gasteiger partial charge on any atom is -0.438 e. The Balaban J connectivity index is 2.27. The number of furan rings is 1. The molecule has 1 aromatic carbocycles. The van der Waals surface area contributed by atoms with Crippen molar-refractivity contribution < 1.29 is 9.34 Å². The average Bonchev–Trinajstić information content (AvgIpc) is 2.79. The predicted octanol–water partition coefficient (Wildman–Crippen LogP) is 4.42. The summed E-state index contributed by atoms with van der Waals surface area (Å²) < 4.78 is 6.37. The highest BCUT2D eigenvalue weighted by Crippen LogP contribution is 2.30. The molecule has 1 aromatic heterocycles. The Morgan fingerprint density at radius 3 is 2.71 bits per heavy atom. The van der Waals surface area contributed by atoms with Crippen molar-refractivity contribution in [3.05, 3.63) is 49.6 Å². The molecule has 1 heterocycles. The van der Waals surface area contributed by atoms with Crippen LogP contribution in [0.15, 0.2) is 38.1 Å². The van der Waals surface area contributed by atoms with Gasteiger partial charge in [0.15, 0.2) is 0 Å². The van der Waals surface area contributed by atoms with Crippen LogP contribution in [0.4, 0.5) is 17.3 Å².